The molecule has 2 fully saturated rings. The van der Waals surface area contributed by atoms with E-state index >= 15 is 0 Å². The maximum atomic E-state index is 12.2. The van der Waals surface area contributed by atoms with Crippen molar-refractivity contribution < 1.29 is 24.5 Å². The number of aliphatic hydroxyl groups is 1. The normalized spacial score (nSPS) is 41.4. The molecule has 1 spiro atoms. The number of carboxylic acid groups (broad SMARTS) is 1. The fourth-order valence-electron chi connectivity index (χ4n) is 5.74. The van der Waals surface area contributed by atoms with Crippen LogP contribution in [0.15, 0.2) is 11.6 Å². The monoisotopic (exact) mass is 350 g/mol. The van der Waals surface area contributed by atoms with Gasteiger partial charge in [0.2, 0.25) is 0 Å². The molecule has 2 N–H and O–H groups in total. The number of allylic oxidation sites excluding steroid dienone is 1. The van der Waals surface area contributed by atoms with E-state index in [9.17, 15) is 14.7 Å². The second kappa shape index (κ2) is 6.42. The van der Waals surface area contributed by atoms with Gasteiger partial charge < -0.3 is 14.9 Å². The van der Waals surface area contributed by atoms with Gasteiger partial charge in [-0.15, -0.1) is 0 Å². The third-order valence-corrected chi connectivity index (χ3v) is 7.37. The van der Waals surface area contributed by atoms with Crippen LogP contribution in [0.4, 0.5) is 0 Å². The maximum Gasteiger partial charge on any atom is 0.334 e. The third kappa shape index (κ3) is 2.90. The Balaban J connectivity index is 1.88. The zero-order chi connectivity index (χ0) is 18.4. The van der Waals surface area contributed by atoms with Crippen molar-refractivity contribution in [2.75, 3.05) is 6.61 Å². The summed E-state index contributed by atoms with van der Waals surface area (Å²) >= 11 is 0. The summed E-state index contributed by atoms with van der Waals surface area (Å²) in [6.07, 6.45) is 5.88. The van der Waals surface area contributed by atoms with Crippen LogP contribution >= 0.6 is 0 Å². The van der Waals surface area contributed by atoms with Crippen LogP contribution in [0.25, 0.3) is 0 Å². The number of carbonyl (C=O) groups is 2. The molecule has 5 heteroatoms. The van der Waals surface area contributed by atoms with Gasteiger partial charge in [0, 0.05) is 17.4 Å². The molecule has 0 amide bonds. The first-order valence-corrected chi connectivity index (χ1v) is 9.48. The van der Waals surface area contributed by atoms with E-state index in [1.54, 1.807) is 0 Å². The summed E-state index contributed by atoms with van der Waals surface area (Å²) in [7, 11) is 0. The first-order valence-electron chi connectivity index (χ1n) is 9.48. The largest absolute Gasteiger partial charge is 0.481 e. The first kappa shape index (κ1) is 18.4. The summed E-state index contributed by atoms with van der Waals surface area (Å²) in [5, 5.41) is 19.8. The lowest BCUT2D eigenvalue weighted by Gasteiger charge is -2.58. The average molecular weight is 350 g/mol. The standard InChI is InChI=1S/C20H30O5/c1-12(9-17(22)23)7-8-19(3)13(2)15(21)10-20-11-25-18(24)14(20)5-4-6-16(19)20/h5,12-13,15-16,21H,4,6-11H2,1-3H3,(H,22,23). The lowest BCUT2D eigenvalue weighted by atomic mass is 9.46. The highest BCUT2D eigenvalue weighted by molar-refractivity contribution is 5.92. The number of cyclic esters (lactones) is 1. The molecule has 3 aliphatic rings. The van der Waals surface area contributed by atoms with Gasteiger partial charge in [0.1, 0.15) is 6.61 Å². The summed E-state index contributed by atoms with van der Waals surface area (Å²) in [5.74, 6) is -0.453. The predicted octanol–water partition coefficient (Wildman–Crippen LogP) is 3.16. The molecular weight excluding hydrogens is 320 g/mol. The third-order valence-electron chi connectivity index (χ3n) is 7.37. The summed E-state index contributed by atoms with van der Waals surface area (Å²) in [4.78, 5) is 23.2. The Bertz CT molecular complexity index is 597. The number of esters is 1. The van der Waals surface area contributed by atoms with Crippen LogP contribution in [0.1, 0.15) is 59.3 Å². The number of hydrogen-bond donors (Lipinski definition) is 2. The Morgan fingerprint density at radius 1 is 1.48 bits per heavy atom. The fraction of sp³-hybridized carbons (Fsp3) is 0.800. The molecule has 0 aromatic carbocycles. The van der Waals surface area contributed by atoms with Gasteiger partial charge in [-0.25, -0.2) is 4.79 Å². The quantitative estimate of drug-likeness (QED) is 0.744. The topological polar surface area (TPSA) is 83.8 Å². The van der Waals surface area contributed by atoms with Gasteiger partial charge in [0.25, 0.3) is 0 Å². The molecule has 1 aliphatic heterocycles. The van der Waals surface area contributed by atoms with Crippen LogP contribution in [-0.4, -0.2) is 34.9 Å². The molecule has 0 bridgehead atoms. The SMILES string of the molecule is CC(CCC1(C)C(C)C(O)CC23COC(=O)C2=CCCC31)CC(=O)O. The second-order valence-electron chi connectivity index (χ2n) is 8.79. The van der Waals surface area contributed by atoms with Crippen molar-refractivity contribution in [3.05, 3.63) is 11.6 Å². The van der Waals surface area contributed by atoms with E-state index in [1.807, 2.05) is 13.0 Å². The van der Waals surface area contributed by atoms with Gasteiger partial charge in [0.05, 0.1) is 6.10 Å². The van der Waals surface area contributed by atoms with Crippen LogP contribution in [-0.2, 0) is 14.3 Å². The van der Waals surface area contributed by atoms with Crippen molar-refractivity contribution in [1.29, 1.82) is 0 Å². The van der Waals surface area contributed by atoms with Crippen molar-refractivity contribution >= 4 is 11.9 Å². The molecule has 5 nitrogen and oxygen atoms in total. The number of rotatable bonds is 5. The summed E-state index contributed by atoms with van der Waals surface area (Å²) in [5.41, 5.74) is 0.295. The molecule has 0 aromatic heterocycles. The van der Waals surface area contributed by atoms with Gasteiger partial charge >= 0.3 is 11.9 Å². The zero-order valence-corrected chi connectivity index (χ0v) is 15.5. The van der Waals surface area contributed by atoms with E-state index in [-0.39, 0.29) is 35.1 Å². The van der Waals surface area contributed by atoms with Crippen LogP contribution in [0.5, 0.6) is 0 Å². The summed E-state index contributed by atoms with van der Waals surface area (Å²) in [6.45, 7) is 6.69. The van der Waals surface area contributed by atoms with Gasteiger partial charge in [-0.2, -0.15) is 0 Å². The van der Waals surface area contributed by atoms with E-state index in [0.29, 0.717) is 18.9 Å². The highest BCUT2D eigenvalue weighted by Gasteiger charge is 2.63. The van der Waals surface area contributed by atoms with Crippen molar-refractivity contribution in [2.24, 2.45) is 28.6 Å². The summed E-state index contributed by atoms with van der Waals surface area (Å²) in [6, 6.07) is 0. The number of carboxylic acids is 1. The number of ether oxygens (including phenoxy) is 1. The van der Waals surface area contributed by atoms with Crippen molar-refractivity contribution in [1.82, 2.24) is 0 Å². The first-order chi connectivity index (χ1) is 11.7. The number of aliphatic hydroxyl groups excluding tert-OH is 1. The van der Waals surface area contributed by atoms with Crippen molar-refractivity contribution in [2.45, 2.75) is 65.4 Å². The van der Waals surface area contributed by atoms with E-state index in [4.69, 9.17) is 9.84 Å². The lowest BCUT2D eigenvalue weighted by Crippen LogP contribution is -2.56. The molecule has 0 radical (unpaired) electrons. The van der Waals surface area contributed by atoms with Gasteiger partial charge in [-0.3, -0.25) is 4.79 Å². The Morgan fingerprint density at radius 2 is 2.20 bits per heavy atom. The van der Waals surface area contributed by atoms with Crippen LogP contribution < -0.4 is 0 Å². The fourth-order valence-corrected chi connectivity index (χ4v) is 5.74. The lowest BCUT2D eigenvalue weighted by molar-refractivity contribution is -0.139. The number of carbonyl (C=O) groups excluding carboxylic acids is 1. The Morgan fingerprint density at radius 3 is 2.88 bits per heavy atom. The minimum atomic E-state index is -0.761. The van der Waals surface area contributed by atoms with E-state index < -0.39 is 12.1 Å². The Labute approximate surface area is 149 Å². The predicted molar refractivity (Wildman–Crippen MR) is 92.7 cm³/mol. The molecule has 3 rings (SSSR count). The minimum absolute atomic E-state index is 0.108. The molecule has 1 saturated carbocycles. The molecule has 6 unspecified atom stereocenters. The van der Waals surface area contributed by atoms with Crippen molar-refractivity contribution in [3.8, 4) is 0 Å². The van der Waals surface area contributed by atoms with E-state index in [2.05, 4.69) is 13.8 Å². The smallest absolute Gasteiger partial charge is 0.334 e. The maximum absolute atomic E-state index is 12.2. The van der Waals surface area contributed by atoms with Crippen LogP contribution in [0.3, 0.4) is 0 Å². The Kier molecular flexibility index (Phi) is 4.73. The molecular formula is C20H30O5. The average Bonchev–Trinajstić information content (AvgIpc) is 2.87. The van der Waals surface area contributed by atoms with Crippen LogP contribution in [0, 0.1) is 28.6 Å². The van der Waals surface area contributed by atoms with Crippen molar-refractivity contribution in [3.63, 3.8) is 0 Å². The zero-order valence-electron chi connectivity index (χ0n) is 15.5. The highest BCUT2D eigenvalue weighted by atomic mass is 16.5. The molecule has 1 saturated heterocycles. The molecule has 25 heavy (non-hydrogen) atoms. The Hall–Kier alpha value is -1.36. The molecule has 6 atom stereocenters. The second-order valence-corrected chi connectivity index (χ2v) is 8.79. The van der Waals surface area contributed by atoms with Gasteiger partial charge in [-0.1, -0.05) is 26.8 Å². The van der Waals surface area contributed by atoms with Crippen LogP contribution in [0.2, 0.25) is 0 Å². The minimum Gasteiger partial charge on any atom is -0.481 e. The number of hydrogen-bond acceptors (Lipinski definition) is 4. The van der Waals surface area contributed by atoms with Gasteiger partial charge in [-0.05, 0) is 55.3 Å². The summed E-state index contributed by atoms with van der Waals surface area (Å²) < 4.78 is 5.42. The number of aliphatic carboxylic acids is 1. The van der Waals surface area contributed by atoms with E-state index in [1.165, 1.54) is 0 Å². The van der Waals surface area contributed by atoms with E-state index in [0.717, 1.165) is 31.3 Å². The van der Waals surface area contributed by atoms with Gasteiger partial charge in [0.15, 0.2) is 0 Å². The molecule has 140 valence electrons. The molecule has 1 heterocycles. The molecule has 2 aliphatic carbocycles. The molecule has 0 aromatic rings. The highest BCUT2D eigenvalue weighted by Crippen LogP contribution is 2.63.